The summed E-state index contributed by atoms with van der Waals surface area (Å²) in [5.74, 6) is -1.13. The lowest BCUT2D eigenvalue weighted by Gasteiger charge is -2.13. The highest BCUT2D eigenvalue weighted by molar-refractivity contribution is 6.30. The van der Waals surface area contributed by atoms with Gasteiger partial charge in [-0.25, -0.2) is 4.98 Å². The molecule has 0 unspecified atom stereocenters. The summed E-state index contributed by atoms with van der Waals surface area (Å²) in [4.78, 5) is 4.46. The lowest BCUT2D eigenvalue weighted by molar-refractivity contribution is 1.01. The maximum absolute atomic E-state index is 9.67. The van der Waals surface area contributed by atoms with Crippen molar-refractivity contribution in [2.24, 2.45) is 0 Å². The molecule has 3 aromatic rings. The molecule has 1 heterocycles. The number of pyridine rings is 1. The van der Waals surface area contributed by atoms with Crippen LogP contribution in [0.5, 0.6) is 0 Å². The molecule has 0 amide bonds. The summed E-state index contributed by atoms with van der Waals surface area (Å²) in [6.45, 7) is 0. The van der Waals surface area contributed by atoms with Crippen molar-refractivity contribution in [2.45, 2.75) is 5.92 Å². The Labute approximate surface area is 156 Å². The van der Waals surface area contributed by atoms with Gasteiger partial charge in [-0.3, -0.25) is 0 Å². The molecule has 0 bridgehead atoms. The molecule has 0 saturated carbocycles. The Morgan fingerprint density at radius 1 is 0.846 bits per heavy atom. The highest BCUT2D eigenvalue weighted by Gasteiger charge is 2.22. The molecule has 0 N–H and O–H groups in total. The molecular formula is C21H11ClN4. The van der Waals surface area contributed by atoms with Crippen molar-refractivity contribution >= 4 is 11.6 Å². The van der Waals surface area contributed by atoms with Gasteiger partial charge in [-0.1, -0.05) is 54.1 Å². The van der Waals surface area contributed by atoms with E-state index in [9.17, 15) is 15.8 Å². The first-order valence-corrected chi connectivity index (χ1v) is 8.11. The van der Waals surface area contributed by atoms with Gasteiger partial charge in [0.05, 0.1) is 29.1 Å². The highest BCUT2D eigenvalue weighted by atomic mass is 35.5. The first-order chi connectivity index (χ1) is 12.7. The highest BCUT2D eigenvalue weighted by Crippen LogP contribution is 2.33. The van der Waals surface area contributed by atoms with Crippen molar-refractivity contribution in [1.82, 2.24) is 4.98 Å². The smallest absolute Gasteiger partial charge is 0.176 e. The van der Waals surface area contributed by atoms with E-state index in [0.29, 0.717) is 16.3 Å². The first kappa shape index (κ1) is 17.2. The van der Waals surface area contributed by atoms with Crippen LogP contribution in [-0.2, 0) is 0 Å². The predicted octanol–water partition coefficient (Wildman–Crippen LogP) is 5.07. The summed E-state index contributed by atoms with van der Waals surface area (Å²) in [5.41, 5.74) is 3.22. The third-order valence-corrected chi connectivity index (χ3v) is 4.17. The summed E-state index contributed by atoms with van der Waals surface area (Å²) in [5, 5.41) is 28.9. The van der Waals surface area contributed by atoms with Gasteiger partial charge in [-0.15, -0.1) is 0 Å². The molecule has 0 aliphatic carbocycles. The second-order valence-corrected chi connectivity index (χ2v) is 5.93. The van der Waals surface area contributed by atoms with E-state index in [0.717, 1.165) is 11.1 Å². The molecule has 3 rings (SSSR count). The van der Waals surface area contributed by atoms with Gasteiger partial charge in [0, 0.05) is 16.1 Å². The molecule has 4 nitrogen and oxygen atoms in total. The number of hydrogen-bond acceptors (Lipinski definition) is 4. The monoisotopic (exact) mass is 354 g/mol. The summed E-state index contributed by atoms with van der Waals surface area (Å²) < 4.78 is 0. The van der Waals surface area contributed by atoms with E-state index in [2.05, 4.69) is 11.1 Å². The van der Waals surface area contributed by atoms with Crippen LogP contribution in [0.2, 0.25) is 5.02 Å². The zero-order valence-electron chi connectivity index (χ0n) is 13.5. The Hall–Kier alpha value is -3.65. The minimum atomic E-state index is -1.13. The molecule has 5 heteroatoms. The van der Waals surface area contributed by atoms with Crippen LogP contribution in [0.4, 0.5) is 0 Å². The van der Waals surface area contributed by atoms with E-state index in [4.69, 9.17) is 11.6 Å². The van der Waals surface area contributed by atoms with Gasteiger partial charge in [0.25, 0.3) is 0 Å². The summed E-state index contributed by atoms with van der Waals surface area (Å²) in [7, 11) is 0. The largest absolute Gasteiger partial charge is 0.249 e. The van der Waals surface area contributed by atoms with Crippen LogP contribution < -0.4 is 0 Å². The quantitative estimate of drug-likeness (QED) is 0.657. The van der Waals surface area contributed by atoms with E-state index in [1.807, 2.05) is 54.6 Å². The Bertz CT molecular complexity index is 1050. The maximum atomic E-state index is 9.67. The summed E-state index contributed by atoms with van der Waals surface area (Å²) >= 11 is 5.95. The first-order valence-electron chi connectivity index (χ1n) is 7.73. The second-order valence-electron chi connectivity index (χ2n) is 5.49. The van der Waals surface area contributed by atoms with Crippen molar-refractivity contribution in [3.05, 3.63) is 76.9 Å². The lowest BCUT2D eigenvalue weighted by Crippen LogP contribution is -2.04. The molecule has 0 atom stereocenters. The van der Waals surface area contributed by atoms with Gasteiger partial charge in [0.2, 0.25) is 0 Å². The minimum Gasteiger partial charge on any atom is -0.249 e. The number of nitrogens with zero attached hydrogens (tertiary/aromatic N) is 4. The standard InChI is InChI=1S/C21H11ClN4/c22-17-8-6-15(7-9-17)20-10-18(14-4-2-1-3-5-14)19(13-25)21(26-20)16(11-23)12-24/h1-10,16H. The second kappa shape index (κ2) is 7.49. The zero-order valence-corrected chi connectivity index (χ0v) is 14.3. The number of halogens is 1. The average Bonchev–Trinajstić information content (AvgIpc) is 2.69. The van der Waals surface area contributed by atoms with Crippen molar-refractivity contribution in [1.29, 1.82) is 15.8 Å². The van der Waals surface area contributed by atoms with Crippen molar-refractivity contribution < 1.29 is 0 Å². The fraction of sp³-hybridized carbons (Fsp3) is 0.0476. The predicted molar refractivity (Wildman–Crippen MR) is 98.8 cm³/mol. The Morgan fingerprint density at radius 2 is 1.50 bits per heavy atom. The molecule has 1 aromatic heterocycles. The maximum Gasteiger partial charge on any atom is 0.176 e. The van der Waals surface area contributed by atoms with E-state index in [-0.39, 0.29) is 11.3 Å². The van der Waals surface area contributed by atoms with E-state index < -0.39 is 5.92 Å². The fourth-order valence-electron chi connectivity index (χ4n) is 2.66. The van der Waals surface area contributed by atoms with Crippen molar-refractivity contribution in [3.8, 4) is 40.6 Å². The zero-order chi connectivity index (χ0) is 18.5. The van der Waals surface area contributed by atoms with Crippen molar-refractivity contribution in [3.63, 3.8) is 0 Å². The van der Waals surface area contributed by atoms with Crippen LogP contribution >= 0.6 is 11.6 Å². The molecule has 0 saturated heterocycles. The van der Waals surface area contributed by atoms with Crippen LogP contribution in [0.1, 0.15) is 17.2 Å². The van der Waals surface area contributed by atoms with Gasteiger partial charge in [-0.05, 0) is 23.8 Å². The van der Waals surface area contributed by atoms with E-state index in [1.165, 1.54) is 0 Å². The van der Waals surface area contributed by atoms with Gasteiger partial charge >= 0.3 is 0 Å². The van der Waals surface area contributed by atoms with Crippen LogP contribution in [0.3, 0.4) is 0 Å². The van der Waals surface area contributed by atoms with Crippen molar-refractivity contribution in [2.75, 3.05) is 0 Å². The molecule has 0 fully saturated rings. The number of nitriles is 3. The number of rotatable bonds is 3. The molecule has 2 aromatic carbocycles. The van der Waals surface area contributed by atoms with Gasteiger partial charge in [0.15, 0.2) is 5.92 Å². The third-order valence-electron chi connectivity index (χ3n) is 3.92. The SMILES string of the molecule is N#Cc1c(-c2ccccc2)cc(-c2ccc(Cl)cc2)nc1C(C#N)C#N. The minimum absolute atomic E-state index is 0.170. The average molecular weight is 355 g/mol. The number of aromatic nitrogens is 1. The number of benzene rings is 2. The molecular weight excluding hydrogens is 344 g/mol. The van der Waals surface area contributed by atoms with Crippen LogP contribution in [-0.4, -0.2) is 4.98 Å². The Balaban J connectivity index is 2.33. The van der Waals surface area contributed by atoms with E-state index >= 15 is 0 Å². The third kappa shape index (κ3) is 3.26. The molecule has 122 valence electrons. The summed E-state index contributed by atoms with van der Waals surface area (Å²) in [6.07, 6.45) is 0. The Morgan fingerprint density at radius 3 is 2.08 bits per heavy atom. The van der Waals surface area contributed by atoms with Gasteiger partial charge in [-0.2, -0.15) is 15.8 Å². The topological polar surface area (TPSA) is 84.3 Å². The number of hydrogen-bond donors (Lipinski definition) is 0. The normalized spacial score (nSPS) is 9.96. The molecule has 0 aliphatic rings. The Kier molecular flexibility index (Phi) is 4.95. The van der Waals surface area contributed by atoms with Crippen LogP contribution in [0, 0.1) is 34.0 Å². The van der Waals surface area contributed by atoms with Gasteiger partial charge < -0.3 is 0 Å². The molecule has 26 heavy (non-hydrogen) atoms. The van der Waals surface area contributed by atoms with Crippen LogP contribution in [0.15, 0.2) is 60.7 Å². The van der Waals surface area contributed by atoms with E-state index in [1.54, 1.807) is 18.2 Å². The lowest BCUT2D eigenvalue weighted by atomic mass is 9.93. The fourth-order valence-corrected chi connectivity index (χ4v) is 2.78. The molecule has 0 spiro atoms. The molecule has 0 aliphatic heterocycles. The van der Waals surface area contributed by atoms with Crippen LogP contribution in [0.25, 0.3) is 22.4 Å². The summed E-state index contributed by atoms with van der Waals surface area (Å²) in [6, 6.07) is 24.2. The molecule has 0 radical (unpaired) electrons. The van der Waals surface area contributed by atoms with Gasteiger partial charge in [0.1, 0.15) is 6.07 Å².